The van der Waals surface area contributed by atoms with Gasteiger partial charge in [-0.3, -0.25) is 4.79 Å². The molecule has 0 saturated heterocycles. The molecule has 96 valence electrons. The number of rotatable bonds is 8. The van der Waals surface area contributed by atoms with Gasteiger partial charge in [0, 0.05) is 13.1 Å². The van der Waals surface area contributed by atoms with Crippen LogP contribution in [0.4, 0.5) is 0 Å². The number of ether oxygens (including phenoxy) is 1. The van der Waals surface area contributed by atoms with Crippen molar-refractivity contribution in [2.24, 2.45) is 0 Å². The zero-order valence-corrected chi connectivity index (χ0v) is 10.5. The number of methoxy groups -OCH3 is 1. The van der Waals surface area contributed by atoms with Crippen LogP contribution in [0, 0.1) is 0 Å². The van der Waals surface area contributed by atoms with Gasteiger partial charge in [0.25, 0.3) is 0 Å². The summed E-state index contributed by atoms with van der Waals surface area (Å²) in [5.74, 6) is -0.830. The fraction of sp³-hybridized carbons (Fsp3) is 0.889. The molecule has 0 heterocycles. The van der Waals surface area contributed by atoms with Crippen LogP contribution in [-0.2, 0) is 19.6 Å². The lowest BCUT2D eigenvalue weighted by atomic mass is 10.5. The van der Waals surface area contributed by atoms with Gasteiger partial charge in [0.2, 0.25) is 10.0 Å². The van der Waals surface area contributed by atoms with Gasteiger partial charge in [-0.05, 0) is 6.42 Å². The minimum Gasteiger partial charge on any atom is -0.469 e. The van der Waals surface area contributed by atoms with Crippen LogP contribution in [0.25, 0.3) is 0 Å². The summed E-state index contributed by atoms with van der Waals surface area (Å²) >= 11 is 0. The molecule has 0 saturated carbocycles. The number of nitrogens with zero attached hydrogens (tertiary/aromatic N) is 1. The molecule has 0 amide bonds. The maximum Gasteiger partial charge on any atom is 0.306 e. The predicted octanol–water partition coefficient (Wildman–Crippen LogP) is -0.416. The summed E-state index contributed by atoms with van der Waals surface area (Å²) in [5, 5.41) is 8.75. The highest BCUT2D eigenvalue weighted by Gasteiger charge is 2.21. The quantitative estimate of drug-likeness (QED) is 0.594. The largest absolute Gasteiger partial charge is 0.469 e. The number of esters is 1. The van der Waals surface area contributed by atoms with Gasteiger partial charge in [-0.1, -0.05) is 6.92 Å². The van der Waals surface area contributed by atoms with Crippen molar-refractivity contribution in [1.29, 1.82) is 0 Å². The lowest BCUT2D eigenvalue weighted by molar-refractivity contribution is -0.140. The van der Waals surface area contributed by atoms with Crippen LogP contribution < -0.4 is 0 Å². The second kappa shape index (κ2) is 7.59. The number of hydrogen-bond donors (Lipinski definition) is 1. The number of aliphatic hydroxyl groups excluding tert-OH is 1. The van der Waals surface area contributed by atoms with Crippen molar-refractivity contribution < 1.29 is 23.1 Å². The minimum absolute atomic E-state index is 0.0668. The van der Waals surface area contributed by atoms with Crippen LogP contribution in [0.2, 0.25) is 0 Å². The first-order chi connectivity index (χ1) is 7.47. The molecule has 0 spiro atoms. The molecule has 1 N–H and O–H groups in total. The average molecular weight is 253 g/mol. The smallest absolute Gasteiger partial charge is 0.306 e. The van der Waals surface area contributed by atoms with Gasteiger partial charge in [0.05, 0.1) is 25.9 Å². The van der Waals surface area contributed by atoms with Crippen LogP contribution in [0.1, 0.15) is 19.8 Å². The minimum atomic E-state index is -3.48. The van der Waals surface area contributed by atoms with E-state index in [1.54, 1.807) is 0 Å². The fourth-order valence-corrected chi connectivity index (χ4v) is 2.70. The van der Waals surface area contributed by atoms with Crippen molar-refractivity contribution in [3.05, 3.63) is 0 Å². The summed E-state index contributed by atoms with van der Waals surface area (Å²) < 4.78 is 29.0. The van der Waals surface area contributed by atoms with Crippen molar-refractivity contribution in [3.63, 3.8) is 0 Å². The van der Waals surface area contributed by atoms with E-state index >= 15 is 0 Å². The Balaban J connectivity index is 4.41. The zero-order chi connectivity index (χ0) is 12.6. The van der Waals surface area contributed by atoms with Crippen LogP contribution in [-0.4, -0.2) is 56.4 Å². The molecule has 6 nitrogen and oxygen atoms in total. The van der Waals surface area contributed by atoms with Gasteiger partial charge in [0.15, 0.2) is 0 Å². The Bertz CT molecular complexity index is 295. The lowest BCUT2D eigenvalue weighted by Crippen LogP contribution is -2.36. The molecule has 0 rings (SSSR count). The highest BCUT2D eigenvalue weighted by atomic mass is 32.2. The van der Waals surface area contributed by atoms with Crippen molar-refractivity contribution >= 4 is 16.0 Å². The van der Waals surface area contributed by atoms with Crippen LogP contribution in [0.15, 0.2) is 0 Å². The molecule has 0 bridgehead atoms. The van der Waals surface area contributed by atoms with Gasteiger partial charge in [0.1, 0.15) is 0 Å². The van der Waals surface area contributed by atoms with Gasteiger partial charge >= 0.3 is 5.97 Å². The van der Waals surface area contributed by atoms with E-state index in [0.29, 0.717) is 13.0 Å². The van der Waals surface area contributed by atoms with E-state index in [9.17, 15) is 13.2 Å². The van der Waals surface area contributed by atoms with E-state index in [0.717, 1.165) is 0 Å². The van der Waals surface area contributed by atoms with Gasteiger partial charge < -0.3 is 9.84 Å². The third kappa shape index (κ3) is 5.43. The normalized spacial score (nSPS) is 11.8. The van der Waals surface area contributed by atoms with E-state index < -0.39 is 16.0 Å². The van der Waals surface area contributed by atoms with Crippen molar-refractivity contribution in [3.8, 4) is 0 Å². The summed E-state index contributed by atoms with van der Waals surface area (Å²) in [4.78, 5) is 10.8. The molecule has 0 aromatic carbocycles. The molecule has 0 radical (unpaired) electrons. The summed E-state index contributed by atoms with van der Waals surface area (Å²) in [6.07, 6.45) is 0.502. The zero-order valence-electron chi connectivity index (χ0n) is 9.68. The van der Waals surface area contributed by atoms with E-state index in [1.165, 1.54) is 11.4 Å². The second-order valence-electron chi connectivity index (χ2n) is 3.26. The summed E-state index contributed by atoms with van der Waals surface area (Å²) in [6.45, 7) is 2.04. The molecule has 0 atom stereocenters. The molecule has 0 fully saturated rings. The Hall–Kier alpha value is -0.660. The lowest BCUT2D eigenvalue weighted by Gasteiger charge is -2.20. The van der Waals surface area contributed by atoms with Crippen LogP contribution >= 0.6 is 0 Å². The molecule has 7 heteroatoms. The van der Waals surface area contributed by atoms with E-state index in [-0.39, 0.29) is 25.3 Å². The first-order valence-electron chi connectivity index (χ1n) is 5.13. The Morgan fingerprint density at radius 1 is 1.38 bits per heavy atom. The average Bonchev–Trinajstić information content (AvgIpc) is 2.25. The Labute approximate surface area is 96.2 Å². The van der Waals surface area contributed by atoms with Crippen molar-refractivity contribution in [1.82, 2.24) is 4.31 Å². The highest BCUT2D eigenvalue weighted by Crippen LogP contribution is 2.04. The Kier molecular flexibility index (Phi) is 7.27. The monoisotopic (exact) mass is 253 g/mol. The van der Waals surface area contributed by atoms with E-state index in [4.69, 9.17) is 5.11 Å². The summed E-state index contributed by atoms with van der Waals surface area (Å²) in [5.41, 5.74) is 0. The van der Waals surface area contributed by atoms with E-state index in [1.807, 2.05) is 6.92 Å². The third-order valence-electron chi connectivity index (χ3n) is 2.01. The molecular formula is C9H19NO5S. The van der Waals surface area contributed by atoms with Crippen LogP contribution in [0.3, 0.4) is 0 Å². The van der Waals surface area contributed by atoms with Crippen molar-refractivity contribution in [2.75, 3.05) is 32.6 Å². The molecule has 0 aromatic rings. The first kappa shape index (κ1) is 15.3. The first-order valence-corrected chi connectivity index (χ1v) is 6.74. The number of aliphatic hydroxyl groups is 1. The molecule has 0 aliphatic heterocycles. The molecular weight excluding hydrogens is 234 g/mol. The molecule has 0 aromatic heterocycles. The number of carbonyl (C=O) groups excluding carboxylic acids is 1. The van der Waals surface area contributed by atoms with Crippen LogP contribution in [0.5, 0.6) is 0 Å². The highest BCUT2D eigenvalue weighted by molar-refractivity contribution is 7.89. The third-order valence-corrected chi connectivity index (χ3v) is 3.88. The van der Waals surface area contributed by atoms with Gasteiger partial charge in [-0.2, -0.15) is 4.31 Å². The molecule has 16 heavy (non-hydrogen) atoms. The van der Waals surface area contributed by atoms with Crippen molar-refractivity contribution in [2.45, 2.75) is 19.8 Å². The number of hydrogen-bond acceptors (Lipinski definition) is 5. The Morgan fingerprint density at radius 3 is 2.44 bits per heavy atom. The Morgan fingerprint density at radius 2 is 2.00 bits per heavy atom. The molecule has 0 aliphatic rings. The maximum atomic E-state index is 11.7. The van der Waals surface area contributed by atoms with E-state index in [2.05, 4.69) is 4.74 Å². The maximum absolute atomic E-state index is 11.7. The number of sulfonamides is 1. The SMILES string of the molecule is CCCN(CCO)S(=O)(=O)CCC(=O)OC. The fourth-order valence-electron chi connectivity index (χ4n) is 1.19. The summed E-state index contributed by atoms with van der Waals surface area (Å²) in [6, 6.07) is 0. The predicted molar refractivity (Wildman–Crippen MR) is 59.4 cm³/mol. The topological polar surface area (TPSA) is 83.9 Å². The number of carbonyl (C=O) groups is 1. The molecule has 0 unspecified atom stereocenters. The van der Waals surface area contributed by atoms with Gasteiger partial charge in [-0.15, -0.1) is 0 Å². The molecule has 0 aliphatic carbocycles. The second-order valence-corrected chi connectivity index (χ2v) is 5.35. The summed E-state index contributed by atoms with van der Waals surface area (Å²) in [7, 11) is -2.26. The standard InChI is InChI=1S/C9H19NO5S/c1-3-5-10(6-7-11)16(13,14)8-4-9(12)15-2/h11H,3-8H2,1-2H3. The van der Waals surface area contributed by atoms with Gasteiger partial charge in [-0.25, -0.2) is 8.42 Å².